The van der Waals surface area contributed by atoms with Crippen molar-refractivity contribution in [1.29, 1.82) is 0 Å². The Morgan fingerprint density at radius 1 is 1.38 bits per heavy atom. The van der Waals surface area contributed by atoms with Gasteiger partial charge in [-0.1, -0.05) is 0 Å². The van der Waals surface area contributed by atoms with Gasteiger partial charge < -0.3 is 4.89 Å². The van der Waals surface area contributed by atoms with Gasteiger partial charge >= 0.3 is 59.2 Å². The second-order valence-corrected chi connectivity index (χ2v) is 2.65. The molecule has 1 N–H and O–H groups in total. The molecule has 0 saturated carbocycles. The molecule has 0 aliphatic carbocycles. The monoisotopic (exact) mass is 206 g/mol. The summed E-state index contributed by atoms with van der Waals surface area (Å²) in [5.41, 5.74) is 0. The number of halogens is 2. The van der Waals surface area contributed by atoms with Gasteiger partial charge in [0.15, 0.2) is 0 Å². The molecule has 0 amide bonds. The minimum atomic E-state index is -4.12. The van der Waals surface area contributed by atoms with Gasteiger partial charge in [0.05, 0.1) is 23.7 Å². The zero-order chi connectivity index (χ0) is 5.91. The van der Waals surface area contributed by atoms with E-state index in [9.17, 15) is 4.57 Å². The maximum absolute atomic E-state index is 9.80. The molecule has 0 saturated heterocycles. The molecule has 8 heteroatoms. The molecule has 0 unspecified atom stereocenters. The van der Waals surface area contributed by atoms with E-state index < -0.39 is 7.82 Å². The van der Waals surface area contributed by atoms with Crippen LogP contribution in [0.4, 0.5) is 0 Å². The Bertz CT molecular complexity index is 86.0. The number of phosphoric acid groups is 1. The third-order valence-corrected chi connectivity index (χ3v) is 1.57. The SMILES string of the molecule is O=P(O)(OCl)OCl.[KH]. The number of hydrogen-bond donors (Lipinski definition) is 1. The van der Waals surface area contributed by atoms with Crippen LogP contribution in [0.5, 0.6) is 0 Å². The molecule has 0 spiro atoms. The van der Waals surface area contributed by atoms with E-state index in [4.69, 9.17) is 4.89 Å². The molecular formula is H2Cl2KO4P. The van der Waals surface area contributed by atoms with Crippen LogP contribution in [-0.4, -0.2) is 56.3 Å². The molecular weight excluding hydrogens is 205 g/mol. The van der Waals surface area contributed by atoms with Gasteiger partial charge in [0, 0.05) is 0 Å². The Kier molecular flexibility index (Phi) is 9.82. The van der Waals surface area contributed by atoms with Crippen molar-refractivity contribution in [1.82, 2.24) is 0 Å². The topological polar surface area (TPSA) is 55.8 Å². The quantitative estimate of drug-likeness (QED) is 0.536. The number of rotatable bonds is 2. The van der Waals surface area contributed by atoms with E-state index >= 15 is 0 Å². The molecule has 4 nitrogen and oxygen atoms in total. The van der Waals surface area contributed by atoms with Gasteiger partial charge in [-0.2, -0.15) is 8.15 Å². The first-order valence-corrected chi connectivity index (χ1v) is 3.17. The van der Waals surface area contributed by atoms with Crippen LogP contribution in [-0.2, 0) is 12.7 Å². The van der Waals surface area contributed by atoms with Gasteiger partial charge in [0.1, 0.15) is 0 Å². The summed E-state index contributed by atoms with van der Waals surface area (Å²) in [5, 5.41) is 0. The van der Waals surface area contributed by atoms with E-state index in [2.05, 4.69) is 31.9 Å². The third kappa shape index (κ3) is 6.45. The Morgan fingerprint density at radius 3 is 1.62 bits per heavy atom. The van der Waals surface area contributed by atoms with Crippen molar-refractivity contribution in [2.75, 3.05) is 0 Å². The maximum atomic E-state index is 9.80. The standard InChI is InChI=1S/Cl2HO4P.K.H/c1-5-7(3,4)6-2;;/h(H,3,4);;. The van der Waals surface area contributed by atoms with E-state index in [-0.39, 0.29) is 51.4 Å². The molecule has 0 aromatic rings. The van der Waals surface area contributed by atoms with Crippen molar-refractivity contribution >= 4 is 82.9 Å². The average Bonchev–Trinajstić information content (AvgIpc) is 1.68. The van der Waals surface area contributed by atoms with Crippen LogP contribution < -0.4 is 0 Å². The van der Waals surface area contributed by atoms with Crippen LogP contribution in [0.25, 0.3) is 0 Å². The molecule has 0 aromatic heterocycles. The molecule has 0 atom stereocenters. The molecule has 0 aromatic carbocycles. The fraction of sp³-hybridized carbons (Fsp3) is 0. The Hall–Kier alpha value is 2.33. The molecule has 0 heterocycles. The van der Waals surface area contributed by atoms with Crippen LogP contribution in [0.3, 0.4) is 0 Å². The van der Waals surface area contributed by atoms with Crippen molar-refractivity contribution in [3.8, 4) is 0 Å². The van der Waals surface area contributed by atoms with Gasteiger partial charge in [-0.25, -0.2) is 4.57 Å². The molecule has 0 radical (unpaired) electrons. The summed E-state index contributed by atoms with van der Waals surface area (Å²) in [6.07, 6.45) is 0. The molecule has 0 aliphatic rings. The normalized spacial score (nSPS) is 10.4. The van der Waals surface area contributed by atoms with Crippen molar-refractivity contribution in [2.24, 2.45) is 0 Å². The van der Waals surface area contributed by atoms with Crippen molar-refractivity contribution in [3.05, 3.63) is 0 Å². The zero-order valence-electron chi connectivity index (χ0n) is 2.88. The van der Waals surface area contributed by atoms with Crippen molar-refractivity contribution in [2.45, 2.75) is 0 Å². The second-order valence-electron chi connectivity index (χ2n) is 0.607. The second kappa shape index (κ2) is 6.06. The van der Waals surface area contributed by atoms with Crippen LogP contribution >= 0.6 is 31.6 Å². The van der Waals surface area contributed by atoms with Gasteiger partial charge in [0.25, 0.3) is 0 Å². The van der Waals surface area contributed by atoms with Gasteiger partial charge in [-0.3, -0.25) is 0 Å². The summed E-state index contributed by atoms with van der Waals surface area (Å²) < 4.78 is 16.4. The van der Waals surface area contributed by atoms with E-state index in [1.165, 1.54) is 0 Å². The van der Waals surface area contributed by atoms with E-state index in [1.807, 2.05) is 0 Å². The van der Waals surface area contributed by atoms with Crippen LogP contribution in [0.15, 0.2) is 0 Å². The predicted molar refractivity (Wildman–Crippen MR) is 30.9 cm³/mol. The van der Waals surface area contributed by atoms with Crippen LogP contribution in [0.2, 0.25) is 0 Å². The average molecular weight is 207 g/mol. The molecule has 46 valence electrons. The fourth-order valence-corrected chi connectivity index (χ4v) is 0.287. The molecule has 0 fully saturated rings. The molecule has 8 heavy (non-hydrogen) atoms. The zero-order valence-corrected chi connectivity index (χ0v) is 5.28. The van der Waals surface area contributed by atoms with Gasteiger partial charge in [0.2, 0.25) is 0 Å². The van der Waals surface area contributed by atoms with Crippen LogP contribution in [0, 0.1) is 0 Å². The Balaban J connectivity index is 0. The van der Waals surface area contributed by atoms with E-state index in [0.29, 0.717) is 0 Å². The molecule has 0 aliphatic heterocycles. The molecule has 0 bridgehead atoms. The van der Waals surface area contributed by atoms with Crippen LogP contribution in [0.1, 0.15) is 0 Å². The summed E-state index contributed by atoms with van der Waals surface area (Å²) in [6.45, 7) is 0. The summed E-state index contributed by atoms with van der Waals surface area (Å²) >= 11 is 8.74. The van der Waals surface area contributed by atoms with Crippen molar-refractivity contribution in [3.63, 3.8) is 0 Å². The van der Waals surface area contributed by atoms with E-state index in [0.717, 1.165) is 0 Å². The van der Waals surface area contributed by atoms with Crippen molar-refractivity contribution < 1.29 is 17.6 Å². The minimum absolute atomic E-state index is 0. The first kappa shape index (κ1) is 13.0. The number of hydrogen-bond acceptors (Lipinski definition) is 3. The Labute approximate surface area is 98.8 Å². The first-order chi connectivity index (χ1) is 3.12. The summed E-state index contributed by atoms with van der Waals surface area (Å²) in [4.78, 5) is 7.98. The van der Waals surface area contributed by atoms with E-state index in [1.54, 1.807) is 0 Å². The first-order valence-electron chi connectivity index (χ1n) is 1.06. The summed E-state index contributed by atoms with van der Waals surface area (Å²) in [5.74, 6) is 0. The third-order valence-electron chi connectivity index (χ3n) is 0.174. The summed E-state index contributed by atoms with van der Waals surface area (Å²) in [6, 6.07) is 0. The molecule has 0 rings (SSSR count). The van der Waals surface area contributed by atoms with Gasteiger partial charge in [-0.15, -0.1) is 0 Å². The fourth-order valence-electron chi connectivity index (χ4n) is 0.0106. The predicted octanol–water partition coefficient (Wildman–Crippen LogP) is 0.779. The summed E-state index contributed by atoms with van der Waals surface area (Å²) in [7, 11) is -4.12. The Morgan fingerprint density at radius 2 is 1.62 bits per heavy atom. The van der Waals surface area contributed by atoms with Gasteiger partial charge in [-0.05, 0) is 0 Å².